The van der Waals surface area contributed by atoms with Crippen LogP contribution in [0.4, 0.5) is 0 Å². The molecule has 0 bridgehead atoms. The van der Waals surface area contributed by atoms with Crippen LogP contribution >= 0.6 is 15.9 Å². The number of pyridine rings is 1. The van der Waals surface area contributed by atoms with Crippen molar-refractivity contribution in [3.05, 3.63) is 22.4 Å². The Morgan fingerprint density at radius 2 is 2.33 bits per heavy atom. The summed E-state index contributed by atoms with van der Waals surface area (Å²) in [4.78, 5) is 7.69. The SMILES string of the molecule is CCCc1nc(OC)c2cc[nH]c2c1Br. The maximum Gasteiger partial charge on any atom is 0.222 e. The van der Waals surface area contributed by atoms with Crippen LogP contribution in [0.3, 0.4) is 0 Å². The van der Waals surface area contributed by atoms with E-state index >= 15 is 0 Å². The van der Waals surface area contributed by atoms with Gasteiger partial charge in [0.15, 0.2) is 0 Å². The Bertz CT molecular complexity index is 479. The summed E-state index contributed by atoms with van der Waals surface area (Å²) in [6, 6.07) is 1.97. The zero-order valence-corrected chi connectivity index (χ0v) is 10.4. The van der Waals surface area contributed by atoms with Gasteiger partial charge in [0, 0.05) is 6.20 Å². The normalized spacial score (nSPS) is 10.9. The predicted octanol–water partition coefficient (Wildman–Crippen LogP) is 3.29. The van der Waals surface area contributed by atoms with Crippen molar-refractivity contribution in [2.45, 2.75) is 19.8 Å². The van der Waals surface area contributed by atoms with Gasteiger partial charge < -0.3 is 9.72 Å². The van der Waals surface area contributed by atoms with Crippen molar-refractivity contribution in [1.82, 2.24) is 9.97 Å². The summed E-state index contributed by atoms with van der Waals surface area (Å²) in [6.07, 6.45) is 3.92. The van der Waals surface area contributed by atoms with E-state index in [2.05, 4.69) is 32.8 Å². The molecule has 2 heterocycles. The molecular formula is C11H13BrN2O. The van der Waals surface area contributed by atoms with Crippen LogP contribution < -0.4 is 4.74 Å². The number of aryl methyl sites for hydroxylation is 1. The summed E-state index contributed by atoms with van der Waals surface area (Å²) < 4.78 is 6.32. The van der Waals surface area contributed by atoms with Crippen molar-refractivity contribution in [2.24, 2.45) is 0 Å². The molecule has 80 valence electrons. The lowest BCUT2D eigenvalue weighted by Crippen LogP contribution is -1.96. The van der Waals surface area contributed by atoms with E-state index in [0.717, 1.165) is 33.9 Å². The summed E-state index contributed by atoms with van der Waals surface area (Å²) in [5.74, 6) is 0.693. The van der Waals surface area contributed by atoms with Crippen molar-refractivity contribution >= 4 is 26.8 Å². The molecule has 0 atom stereocenters. The first-order chi connectivity index (χ1) is 7.27. The third-order valence-electron chi connectivity index (χ3n) is 2.37. The maximum atomic E-state index is 5.28. The van der Waals surface area contributed by atoms with Gasteiger partial charge in [0.1, 0.15) is 0 Å². The number of halogens is 1. The fourth-order valence-electron chi connectivity index (χ4n) is 1.66. The molecule has 3 nitrogen and oxygen atoms in total. The van der Waals surface area contributed by atoms with Gasteiger partial charge in [-0.25, -0.2) is 4.98 Å². The minimum absolute atomic E-state index is 0.693. The molecule has 0 aliphatic heterocycles. The summed E-state index contributed by atoms with van der Waals surface area (Å²) in [7, 11) is 1.65. The Balaban J connectivity index is 2.67. The number of nitrogens with zero attached hydrogens (tertiary/aromatic N) is 1. The number of hydrogen-bond donors (Lipinski definition) is 1. The van der Waals surface area contributed by atoms with Crippen LogP contribution in [-0.2, 0) is 6.42 Å². The highest BCUT2D eigenvalue weighted by Gasteiger charge is 2.12. The van der Waals surface area contributed by atoms with Crippen molar-refractivity contribution in [3.8, 4) is 5.88 Å². The first-order valence-corrected chi connectivity index (χ1v) is 5.76. The highest BCUT2D eigenvalue weighted by Crippen LogP contribution is 2.31. The number of aromatic nitrogens is 2. The van der Waals surface area contributed by atoms with Crippen molar-refractivity contribution in [2.75, 3.05) is 7.11 Å². The van der Waals surface area contributed by atoms with Gasteiger partial charge in [-0.3, -0.25) is 0 Å². The van der Waals surface area contributed by atoms with E-state index in [4.69, 9.17) is 4.74 Å². The molecule has 2 rings (SSSR count). The van der Waals surface area contributed by atoms with Crippen molar-refractivity contribution in [1.29, 1.82) is 0 Å². The minimum Gasteiger partial charge on any atom is -0.480 e. The lowest BCUT2D eigenvalue weighted by molar-refractivity contribution is 0.401. The van der Waals surface area contributed by atoms with Crippen LogP contribution in [0.5, 0.6) is 5.88 Å². The second kappa shape index (κ2) is 4.23. The van der Waals surface area contributed by atoms with Gasteiger partial charge in [-0.2, -0.15) is 0 Å². The molecule has 15 heavy (non-hydrogen) atoms. The number of nitrogens with one attached hydrogen (secondary N) is 1. The second-order valence-corrected chi connectivity index (χ2v) is 4.19. The zero-order chi connectivity index (χ0) is 10.8. The lowest BCUT2D eigenvalue weighted by Gasteiger charge is -2.07. The molecule has 0 spiro atoms. The molecule has 4 heteroatoms. The van der Waals surface area contributed by atoms with Crippen LogP contribution in [0.2, 0.25) is 0 Å². The van der Waals surface area contributed by atoms with E-state index in [1.807, 2.05) is 12.3 Å². The molecule has 0 unspecified atom stereocenters. The topological polar surface area (TPSA) is 37.9 Å². The van der Waals surface area contributed by atoms with Gasteiger partial charge in [0.2, 0.25) is 5.88 Å². The third-order valence-corrected chi connectivity index (χ3v) is 3.22. The molecule has 0 radical (unpaired) electrons. The Hall–Kier alpha value is -1.03. The molecule has 0 saturated carbocycles. The van der Waals surface area contributed by atoms with Crippen LogP contribution in [0.25, 0.3) is 10.9 Å². The summed E-state index contributed by atoms with van der Waals surface area (Å²) in [5, 5.41) is 1.02. The molecule has 0 aliphatic carbocycles. The number of methoxy groups -OCH3 is 1. The molecule has 0 fully saturated rings. The molecule has 0 aromatic carbocycles. The molecular weight excluding hydrogens is 256 g/mol. The van der Waals surface area contributed by atoms with Gasteiger partial charge in [-0.15, -0.1) is 0 Å². The molecule has 1 N–H and O–H groups in total. The second-order valence-electron chi connectivity index (χ2n) is 3.40. The van der Waals surface area contributed by atoms with E-state index < -0.39 is 0 Å². The Morgan fingerprint density at radius 1 is 1.53 bits per heavy atom. The van der Waals surface area contributed by atoms with E-state index in [9.17, 15) is 0 Å². The highest BCUT2D eigenvalue weighted by molar-refractivity contribution is 9.10. The quantitative estimate of drug-likeness (QED) is 0.928. The van der Waals surface area contributed by atoms with E-state index in [1.54, 1.807) is 7.11 Å². The lowest BCUT2D eigenvalue weighted by atomic mass is 10.2. The molecule has 2 aromatic rings. The number of hydrogen-bond acceptors (Lipinski definition) is 2. The molecule has 0 saturated heterocycles. The smallest absolute Gasteiger partial charge is 0.222 e. The number of fused-ring (bicyclic) bond motifs is 1. The van der Waals surface area contributed by atoms with Crippen molar-refractivity contribution < 1.29 is 4.74 Å². The molecule has 2 aromatic heterocycles. The van der Waals surface area contributed by atoms with Gasteiger partial charge in [-0.05, 0) is 28.4 Å². The Morgan fingerprint density at radius 3 is 3.00 bits per heavy atom. The van der Waals surface area contributed by atoms with E-state index in [0.29, 0.717) is 5.88 Å². The molecule has 0 aliphatic rings. The van der Waals surface area contributed by atoms with Crippen LogP contribution in [0, 0.1) is 0 Å². The summed E-state index contributed by atoms with van der Waals surface area (Å²) >= 11 is 3.58. The fraction of sp³-hybridized carbons (Fsp3) is 0.364. The summed E-state index contributed by atoms with van der Waals surface area (Å²) in [5.41, 5.74) is 2.11. The maximum absolute atomic E-state index is 5.28. The number of H-pyrrole nitrogens is 1. The average Bonchev–Trinajstić information content (AvgIpc) is 2.71. The zero-order valence-electron chi connectivity index (χ0n) is 8.80. The first kappa shape index (κ1) is 10.5. The average molecular weight is 269 g/mol. The number of ether oxygens (including phenoxy) is 1. The van der Waals surface area contributed by atoms with Gasteiger partial charge in [0.25, 0.3) is 0 Å². The van der Waals surface area contributed by atoms with Crippen LogP contribution in [-0.4, -0.2) is 17.1 Å². The summed E-state index contributed by atoms with van der Waals surface area (Å²) in [6.45, 7) is 2.14. The fourth-order valence-corrected chi connectivity index (χ4v) is 2.28. The Labute approximate surface area is 97.0 Å². The number of rotatable bonds is 3. The highest BCUT2D eigenvalue weighted by atomic mass is 79.9. The van der Waals surface area contributed by atoms with E-state index in [1.165, 1.54) is 0 Å². The largest absolute Gasteiger partial charge is 0.480 e. The van der Waals surface area contributed by atoms with Gasteiger partial charge in [-0.1, -0.05) is 13.3 Å². The van der Waals surface area contributed by atoms with Crippen molar-refractivity contribution in [3.63, 3.8) is 0 Å². The van der Waals surface area contributed by atoms with Crippen LogP contribution in [0.1, 0.15) is 19.0 Å². The Kier molecular flexibility index (Phi) is 2.95. The third kappa shape index (κ3) is 1.74. The van der Waals surface area contributed by atoms with E-state index in [-0.39, 0.29) is 0 Å². The molecule has 0 amide bonds. The standard InChI is InChI=1S/C11H13BrN2O/c1-3-4-8-9(12)10-7(5-6-13-10)11(14-8)15-2/h5-6,13H,3-4H2,1-2H3. The minimum atomic E-state index is 0.693. The number of aromatic amines is 1. The van der Waals surface area contributed by atoms with Crippen LogP contribution in [0.15, 0.2) is 16.7 Å². The predicted molar refractivity (Wildman–Crippen MR) is 64.3 cm³/mol. The first-order valence-electron chi connectivity index (χ1n) is 4.97. The monoisotopic (exact) mass is 268 g/mol. The van der Waals surface area contributed by atoms with Gasteiger partial charge >= 0.3 is 0 Å². The van der Waals surface area contributed by atoms with Gasteiger partial charge in [0.05, 0.1) is 28.2 Å².